The fraction of sp³-hybridized carbons (Fsp3) is 0.444. The van der Waals surface area contributed by atoms with E-state index in [0.717, 1.165) is 17.0 Å². The maximum absolute atomic E-state index is 5.92. The Morgan fingerprint density at radius 2 is 2.42 bits per heavy atom. The Bertz CT molecular complexity index is 250. The molecule has 2 nitrogen and oxygen atoms in total. The topological polar surface area (TPSA) is 38.9 Å². The zero-order valence-corrected chi connectivity index (χ0v) is 8.27. The van der Waals surface area contributed by atoms with Crippen LogP contribution in [0.25, 0.3) is 0 Å². The number of nitrogens with two attached hydrogens (primary N) is 1. The second-order valence-electron chi connectivity index (χ2n) is 2.62. The Hall–Kier alpha value is -0.540. The monoisotopic (exact) mass is 182 g/mol. The first-order chi connectivity index (χ1) is 5.79. The number of hydrogen-bond donors (Lipinski definition) is 1. The lowest BCUT2D eigenvalue weighted by Crippen LogP contribution is -2.10. The predicted molar refractivity (Wildman–Crippen MR) is 53.2 cm³/mol. The van der Waals surface area contributed by atoms with Gasteiger partial charge in [-0.15, -0.1) is 11.8 Å². The molecule has 66 valence electrons. The van der Waals surface area contributed by atoms with Gasteiger partial charge in [0.05, 0.1) is 0 Å². The zero-order chi connectivity index (χ0) is 8.97. The summed E-state index contributed by atoms with van der Waals surface area (Å²) >= 11 is 1.65. The fourth-order valence-corrected chi connectivity index (χ4v) is 1.70. The van der Waals surface area contributed by atoms with Crippen molar-refractivity contribution in [3.8, 4) is 0 Å². The summed E-state index contributed by atoms with van der Waals surface area (Å²) in [7, 11) is 0. The maximum Gasteiger partial charge on any atom is 0.100 e. The number of pyridine rings is 1. The highest BCUT2D eigenvalue weighted by atomic mass is 32.2. The number of aromatic nitrogens is 1. The molecule has 0 fully saturated rings. The van der Waals surface area contributed by atoms with Gasteiger partial charge in [0.25, 0.3) is 0 Å². The number of nitrogens with zero attached hydrogens (tertiary/aromatic N) is 1. The summed E-state index contributed by atoms with van der Waals surface area (Å²) in [6.45, 7) is 2.09. The molecule has 0 bridgehead atoms. The van der Waals surface area contributed by atoms with E-state index < -0.39 is 0 Å². The minimum absolute atomic E-state index is 0.126. The first kappa shape index (κ1) is 9.55. The summed E-state index contributed by atoms with van der Waals surface area (Å²) in [6, 6.07) is 4.11. The summed E-state index contributed by atoms with van der Waals surface area (Å²) < 4.78 is 0. The van der Waals surface area contributed by atoms with E-state index in [1.54, 1.807) is 18.0 Å². The molecule has 1 rings (SSSR count). The smallest absolute Gasteiger partial charge is 0.100 e. The Kier molecular flexibility index (Phi) is 3.56. The van der Waals surface area contributed by atoms with Crippen LogP contribution in [0.3, 0.4) is 0 Å². The zero-order valence-electron chi connectivity index (χ0n) is 7.45. The van der Waals surface area contributed by atoms with Gasteiger partial charge in [-0.2, -0.15) is 0 Å². The van der Waals surface area contributed by atoms with Crippen LogP contribution in [-0.2, 0) is 0 Å². The lowest BCUT2D eigenvalue weighted by molar-refractivity contribution is 0.677. The summed E-state index contributed by atoms with van der Waals surface area (Å²) in [5, 5.41) is 1.05. The van der Waals surface area contributed by atoms with E-state index in [0.29, 0.717) is 0 Å². The van der Waals surface area contributed by atoms with Crippen LogP contribution in [0.5, 0.6) is 0 Å². The highest BCUT2D eigenvalue weighted by Crippen LogP contribution is 2.23. The molecule has 1 heterocycles. The van der Waals surface area contributed by atoms with Crippen LogP contribution in [0.1, 0.15) is 24.9 Å². The van der Waals surface area contributed by atoms with Gasteiger partial charge < -0.3 is 5.73 Å². The van der Waals surface area contributed by atoms with Crippen LogP contribution >= 0.6 is 11.8 Å². The second kappa shape index (κ2) is 4.48. The Morgan fingerprint density at radius 1 is 1.67 bits per heavy atom. The first-order valence-electron chi connectivity index (χ1n) is 4.04. The van der Waals surface area contributed by atoms with Crippen molar-refractivity contribution >= 4 is 11.8 Å². The van der Waals surface area contributed by atoms with E-state index in [1.807, 2.05) is 18.4 Å². The van der Waals surface area contributed by atoms with Crippen molar-refractivity contribution < 1.29 is 0 Å². The molecule has 1 unspecified atom stereocenters. The largest absolute Gasteiger partial charge is 0.324 e. The molecule has 0 radical (unpaired) electrons. The molecule has 0 aliphatic heterocycles. The SMILES string of the molecule is CCC(N)c1cccnc1SC. The third kappa shape index (κ3) is 1.99. The summed E-state index contributed by atoms with van der Waals surface area (Å²) in [5.74, 6) is 0. The van der Waals surface area contributed by atoms with Crippen LogP contribution in [0.15, 0.2) is 23.4 Å². The molecular formula is C9H14N2S. The van der Waals surface area contributed by atoms with E-state index in [2.05, 4.69) is 11.9 Å². The molecule has 0 saturated heterocycles. The van der Waals surface area contributed by atoms with Crippen molar-refractivity contribution in [2.75, 3.05) is 6.26 Å². The average molecular weight is 182 g/mol. The molecule has 0 spiro atoms. The van der Waals surface area contributed by atoms with Gasteiger partial charge in [0.2, 0.25) is 0 Å². The van der Waals surface area contributed by atoms with Crippen molar-refractivity contribution in [2.45, 2.75) is 24.4 Å². The molecule has 1 aromatic heterocycles. The fourth-order valence-electron chi connectivity index (χ4n) is 1.08. The van der Waals surface area contributed by atoms with Crippen LogP contribution < -0.4 is 5.73 Å². The molecule has 0 saturated carbocycles. The number of rotatable bonds is 3. The molecule has 3 heteroatoms. The second-order valence-corrected chi connectivity index (χ2v) is 3.41. The van der Waals surface area contributed by atoms with Crippen LogP contribution in [0, 0.1) is 0 Å². The standard InChI is InChI=1S/C9H14N2S/c1-3-8(10)7-5-4-6-11-9(7)12-2/h4-6,8H,3,10H2,1-2H3. The number of hydrogen-bond acceptors (Lipinski definition) is 3. The van der Waals surface area contributed by atoms with Crippen molar-refractivity contribution in [3.63, 3.8) is 0 Å². The maximum atomic E-state index is 5.92. The summed E-state index contributed by atoms with van der Waals surface area (Å²) in [6.07, 6.45) is 4.78. The normalized spacial score (nSPS) is 12.9. The highest BCUT2D eigenvalue weighted by molar-refractivity contribution is 7.98. The van der Waals surface area contributed by atoms with E-state index in [9.17, 15) is 0 Å². The van der Waals surface area contributed by atoms with Crippen molar-refractivity contribution in [1.29, 1.82) is 0 Å². The molecule has 0 aliphatic carbocycles. The van der Waals surface area contributed by atoms with Gasteiger partial charge in [0, 0.05) is 17.8 Å². The lowest BCUT2D eigenvalue weighted by Gasteiger charge is -2.11. The van der Waals surface area contributed by atoms with Crippen LogP contribution in [-0.4, -0.2) is 11.2 Å². The van der Waals surface area contributed by atoms with Gasteiger partial charge >= 0.3 is 0 Å². The Labute approximate surface area is 77.6 Å². The molecule has 1 aromatic rings. The quantitative estimate of drug-likeness (QED) is 0.728. The lowest BCUT2D eigenvalue weighted by atomic mass is 10.1. The van der Waals surface area contributed by atoms with E-state index in [4.69, 9.17) is 5.73 Å². The van der Waals surface area contributed by atoms with E-state index in [1.165, 1.54) is 0 Å². The van der Waals surface area contributed by atoms with Gasteiger partial charge in [-0.1, -0.05) is 13.0 Å². The van der Waals surface area contributed by atoms with E-state index in [-0.39, 0.29) is 6.04 Å². The third-order valence-corrected chi connectivity index (χ3v) is 2.56. The van der Waals surface area contributed by atoms with Gasteiger partial charge in [0.15, 0.2) is 0 Å². The summed E-state index contributed by atoms with van der Waals surface area (Å²) in [4.78, 5) is 4.25. The Morgan fingerprint density at radius 3 is 3.00 bits per heavy atom. The summed E-state index contributed by atoms with van der Waals surface area (Å²) in [5.41, 5.74) is 7.08. The Balaban J connectivity index is 2.96. The van der Waals surface area contributed by atoms with Crippen molar-refractivity contribution in [1.82, 2.24) is 4.98 Å². The molecule has 0 aliphatic rings. The van der Waals surface area contributed by atoms with Gasteiger partial charge in [-0.25, -0.2) is 4.98 Å². The van der Waals surface area contributed by atoms with Gasteiger partial charge in [0.1, 0.15) is 5.03 Å². The molecular weight excluding hydrogens is 168 g/mol. The van der Waals surface area contributed by atoms with Crippen LogP contribution in [0.4, 0.5) is 0 Å². The molecule has 1 atom stereocenters. The molecule has 2 N–H and O–H groups in total. The minimum Gasteiger partial charge on any atom is -0.324 e. The van der Waals surface area contributed by atoms with Gasteiger partial charge in [-0.3, -0.25) is 0 Å². The minimum atomic E-state index is 0.126. The van der Waals surface area contributed by atoms with E-state index >= 15 is 0 Å². The van der Waals surface area contributed by atoms with Crippen molar-refractivity contribution in [2.24, 2.45) is 5.73 Å². The van der Waals surface area contributed by atoms with Crippen molar-refractivity contribution in [3.05, 3.63) is 23.9 Å². The molecule has 0 amide bonds. The van der Waals surface area contributed by atoms with Gasteiger partial charge in [-0.05, 0) is 18.7 Å². The molecule has 0 aromatic carbocycles. The highest BCUT2D eigenvalue weighted by Gasteiger charge is 2.08. The van der Waals surface area contributed by atoms with Crippen LogP contribution in [0.2, 0.25) is 0 Å². The first-order valence-corrected chi connectivity index (χ1v) is 5.26. The predicted octanol–water partition coefficient (Wildman–Crippen LogP) is 2.21. The molecule has 12 heavy (non-hydrogen) atoms. The third-order valence-electron chi connectivity index (χ3n) is 1.83. The number of thioether (sulfide) groups is 1. The average Bonchev–Trinajstić information content (AvgIpc) is 2.16.